The quantitative estimate of drug-likeness (QED) is 0.549. The molecule has 1 heterocycles. The van der Waals surface area contributed by atoms with Crippen LogP contribution >= 0.6 is 0 Å². The van der Waals surface area contributed by atoms with Crippen molar-refractivity contribution in [3.8, 4) is 5.75 Å². The van der Waals surface area contributed by atoms with Gasteiger partial charge in [0, 0.05) is 50.0 Å². The van der Waals surface area contributed by atoms with E-state index in [1.165, 1.54) is 0 Å². The molecule has 2 amide bonds. The Hall–Kier alpha value is -3.55. The first-order valence-electron chi connectivity index (χ1n) is 10.7. The summed E-state index contributed by atoms with van der Waals surface area (Å²) < 4.78 is 9.72. The molecule has 0 bridgehead atoms. The highest BCUT2D eigenvalue weighted by Gasteiger charge is 2.25. The molecule has 3 rings (SSSR count). The number of anilines is 1. The minimum absolute atomic E-state index is 0.00174. The number of nitrogens with one attached hydrogen (secondary N) is 1. The van der Waals surface area contributed by atoms with Crippen LogP contribution in [0.1, 0.15) is 40.5 Å². The number of hydrogen-bond donors (Lipinski definition) is 1. The van der Waals surface area contributed by atoms with Crippen LogP contribution in [-0.2, 0) is 4.74 Å². The largest absolute Gasteiger partial charge is 0.513 e. The fourth-order valence-corrected chi connectivity index (χ4v) is 3.50. The first-order chi connectivity index (χ1) is 15.4. The van der Waals surface area contributed by atoms with Gasteiger partial charge in [0.25, 0.3) is 11.8 Å². The van der Waals surface area contributed by atoms with Crippen LogP contribution in [0.2, 0.25) is 0 Å². The number of carbonyl (C=O) groups is 3. The van der Waals surface area contributed by atoms with Gasteiger partial charge in [0.2, 0.25) is 0 Å². The first-order valence-corrected chi connectivity index (χ1v) is 10.7. The van der Waals surface area contributed by atoms with Crippen LogP contribution in [0, 0.1) is 0 Å². The number of amides is 2. The van der Waals surface area contributed by atoms with E-state index >= 15 is 0 Å². The molecule has 2 aromatic carbocycles. The molecule has 8 heteroatoms. The summed E-state index contributed by atoms with van der Waals surface area (Å²) >= 11 is 0. The molecule has 1 aliphatic rings. The van der Waals surface area contributed by atoms with Crippen LogP contribution < -0.4 is 15.0 Å². The molecule has 0 aromatic heterocycles. The van der Waals surface area contributed by atoms with Crippen molar-refractivity contribution >= 4 is 23.7 Å². The van der Waals surface area contributed by atoms with Gasteiger partial charge in [0.15, 0.2) is 0 Å². The van der Waals surface area contributed by atoms with Gasteiger partial charge in [-0.05, 0) is 68.3 Å². The van der Waals surface area contributed by atoms with E-state index in [2.05, 4.69) is 5.32 Å². The monoisotopic (exact) mass is 439 g/mol. The van der Waals surface area contributed by atoms with Crippen LogP contribution in [0.3, 0.4) is 0 Å². The topological polar surface area (TPSA) is 88.2 Å². The highest BCUT2D eigenvalue weighted by Crippen LogP contribution is 2.18. The molecule has 1 aliphatic heterocycles. The fourth-order valence-electron chi connectivity index (χ4n) is 3.50. The van der Waals surface area contributed by atoms with Gasteiger partial charge in [-0.1, -0.05) is 0 Å². The third-order valence-corrected chi connectivity index (χ3v) is 5.33. The molecule has 0 spiro atoms. The second-order valence-corrected chi connectivity index (χ2v) is 7.79. The molecular weight excluding hydrogens is 410 g/mol. The van der Waals surface area contributed by atoms with E-state index in [4.69, 9.17) is 9.47 Å². The van der Waals surface area contributed by atoms with E-state index in [0.29, 0.717) is 42.8 Å². The highest BCUT2D eigenvalue weighted by atomic mass is 16.7. The fraction of sp³-hybridized carbons (Fsp3) is 0.375. The Morgan fingerprint density at radius 2 is 1.56 bits per heavy atom. The number of benzene rings is 2. The van der Waals surface area contributed by atoms with Crippen molar-refractivity contribution in [1.82, 2.24) is 10.2 Å². The summed E-state index contributed by atoms with van der Waals surface area (Å²) in [5.41, 5.74) is 2.19. The second-order valence-electron chi connectivity index (χ2n) is 7.79. The summed E-state index contributed by atoms with van der Waals surface area (Å²) in [6.45, 7) is 3.10. The Balaban J connectivity index is 1.48. The van der Waals surface area contributed by atoms with Crippen molar-refractivity contribution in [3.05, 3.63) is 59.7 Å². The van der Waals surface area contributed by atoms with E-state index in [1.54, 1.807) is 31.2 Å². The number of nitrogens with zero attached hydrogens (tertiary/aromatic N) is 2. The smallest absolute Gasteiger partial charge is 0.434 e. The Morgan fingerprint density at radius 1 is 0.969 bits per heavy atom. The summed E-state index contributed by atoms with van der Waals surface area (Å²) in [5, 5.41) is 3.02. The van der Waals surface area contributed by atoms with Crippen molar-refractivity contribution < 1.29 is 23.9 Å². The minimum Gasteiger partial charge on any atom is -0.434 e. The normalized spacial score (nSPS) is 13.9. The van der Waals surface area contributed by atoms with Crippen molar-refractivity contribution in [2.45, 2.75) is 25.8 Å². The van der Waals surface area contributed by atoms with Gasteiger partial charge in [0.05, 0.1) is 6.61 Å². The molecule has 0 radical (unpaired) electrons. The van der Waals surface area contributed by atoms with Crippen molar-refractivity contribution in [2.75, 3.05) is 38.7 Å². The summed E-state index contributed by atoms with van der Waals surface area (Å²) in [4.78, 5) is 40.5. The summed E-state index contributed by atoms with van der Waals surface area (Å²) in [5.74, 6) is 0.124. The van der Waals surface area contributed by atoms with E-state index < -0.39 is 6.16 Å². The lowest BCUT2D eigenvalue weighted by Gasteiger charge is -2.32. The highest BCUT2D eigenvalue weighted by molar-refractivity contribution is 5.95. The van der Waals surface area contributed by atoms with Gasteiger partial charge < -0.3 is 24.6 Å². The van der Waals surface area contributed by atoms with Crippen LogP contribution in [0.4, 0.5) is 10.5 Å². The summed E-state index contributed by atoms with van der Waals surface area (Å²) in [6.07, 6.45) is 0.605. The average Bonchev–Trinajstić information content (AvgIpc) is 2.80. The predicted molar refractivity (Wildman–Crippen MR) is 121 cm³/mol. The van der Waals surface area contributed by atoms with Crippen LogP contribution in [-0.4, -0.2) is 62.7 Å². The van der Waals surface area contributed by atoms with Gasteiger partial charge in [0.1, 0.15) is 5.75 Å². The number of hydrogen-bond acceptors (Lipinski definition) is 6. The maximum atomic E-state index is 12.8. The number of piperidine rings is 1. The zero-order valence-electron chi connectivity index (χ0n) is 18.7. The molecule has 1 fully saturated rings. The number of likely N-dealkylation sites (tertiary alicyclic amines) is 1. The molecule has 0 atom stereocenters. The number of carbonyl (C=O) groups excluding carboxylic acids is 3. The molecule has 8 nitrogen and oxygen atoms in total. The molecular formula is C24H29N3O5. The summed E-state index contributed by atoms with van der Waals surface area (Å²) in [7, 11) is 3.92. The Morgan fingerprint density at radius 3 is 2.12 bits per heavy atom. The molecule has 0 saturated carbocycles. The molecule has 32 heavy (non-hydrogen) atoms. The molecule has 0 aliphatic carbocycles. The zero-order chi connectivity index (χ0) is 23.1. The van der Waals surface area contributed by atoms with Crippen molar-refractivity contribution in [2.24, 2.45) is 0 Å². The summed E-state index contributed by atoms with van der Waals surface area (Å²) in [6, 6.07) is 13.9. The Kier molecular flexibility index (Phi) is 7.70. The molecule has 1 N–H and O–H groups in total. The molecule has 0 unspecified atom stereocenters. The first kappa shape index (κ1) is 23.1. The Labute approximate surface area is 188 Å². The predicted octanol–water partition coefficient (Wildman–Crippen LogP) is 3.32. The lowest BCUT2D eigenvalue weighted by molar-refractivity contribution is 0.0698. The molecule has 170 valence electrons. The molecule has 1 saturated heterocycles. The number of ether oxygens (including phenoxy) is 2. The zero-order valence-corrected chi connectivity index (χ0v) is 18.7. The van der Waals surface area contributed by atoms with Crippen molar-refractivity contribution in [1.29, 1.82) is 0 Å². The maximum absolute atomic E-state index is 12.8. The van der Waals surface area contributed by atoms with E-state index in [1.807, 2.05) is 48.2 Å². The van der Waals surface area contributed by atoms with Gasteiger partial charge in [-0.3, -0.25) is 9.59 Å². The number of rotatable bonds is 6. The maximum Gasteiger partial charge on any atom is 0.513 e. The van der Waals surface area contributed by atoms with E-state index in [9.17, 15) is 14.4 Å². The lowest BCUT2D eigenvalue weighted by atomic mass is 10.0. The van der Waals surface area contributed by atoms with Crippen LogP contribution in [0.25, 0.3) is 0 Å². The minimum atomic E-state index is -0.778. The third kappa shape index (κ3) is 6.00. The van der Waals surface area contributed by atoms with Gasteiger partial charge in [-0.15, -0.1) is 0 Å². The standard InChI is InChI=1S/C24H29N3O5/c1-4-31-24(30)32-21-11-7-17(8-12-21)22(28)25-19-13-15-27(16-14-19)23(29)18-5-9-20(10-6-18)26(2)3/h5-12,19H,4,13-16H2,1-3H3,(H,25,28). The van der Waals surface area contributed by atoms with Crippen LogP contribution in [0.5, 0.6) is 5.75 Å². The third-order valence-electron chi connectivity index (χ3n) is 5.33. The molecule has 2 aromatic rings. The van der Waals surface area contributed by atoms with Crippen LogP contribution in [0.15, 0.2) is 48.5 Å². The average molecular weight is 440 g/mol. The van der Waals surface area contributed by atoms with E-state index in [-0.39, 0.29) is 24.5 Å². The van der Waals surface area contributed by atoms with E-state index in [0.717, 1.165) is 5.69 Å². The second kappa shape index (κ2) is 10.7. The van der Waals surface area contributed by atoms with Crippen molar-refractivity contribution in [3.63, 3.8) is 0 Å². The van der Waals surface area contributed by atoms with Gasteiger partial charge >= 0.3 is 6.16 Å². The van der Waals surface area contributed by atoms with Gasteiger partial charge in [-0.2, -0.15) is 0 Å². The SMILES string of the molecule is CCOC(=O)Oc1ccc(C(=O)NC2CCN(C(=O)c3ccc(N(C)C)cc3)CC2)cc1. The van der Waals surface area contributed by atoms with Gasteiger partial charge in [-0.25, -0.2) is 4.79 Å². The Bertz CT molecular complexity index is 933. The lowest BCUT2D eigenvalue weighted by Crippen LogP contribution is -2.46.